The van der Waals surface area contributed by atoms with Crippen LogP contribution in [-0.2, 0) is 26.5 Å². The summed E-state index contributed by atoms with van der Waals surface area (Å²) in [6.07, 6.45) is 2.01. The van der Waals surface area contributed by atoms with Gasteiger partial charge in [-0.05, 0) is 75.8 Å². The van der Waals surface area contributed by atoms with Crippen molar-refractivity contribution in [3.63, 3.8) is 0 Å². The number of hydrogen-bond acceptors (Lipinski definition) is 3. The van der Waals surface area contributed by atoms with Gasteiger partial charge in [0.15, 0.2) is 0 Å². The van der Waals surface area contributed by atoms with Gasteiger partial charge in [0.05, 0.1) is 16.9 Å². The van der Waals surface area contributed by atoms with Crippen LogP contribution in [0.4, 0.5) is 0 Å². The van der Waals surface area contributed by atoms with Gasteiger partial charge in [0.1, 0.15) is 0 Å². The van der Waals surface area contributed by atoms with E-state index in [0.29, 0.717) is 5.69 Å². The second kappa shape index (κ2) is 16.5. The Labute approximate surface area is 323 Å². The number of nitrogens with zero attached hydrogens (tertiary/aromatic N) is 4. The van der Waals surface area contributed by atoms with Gasteiger partial charge in [-0.25, -0.2) is 0 Å². The molecule has 5 heteroatoms. The van der Waals surface area contributed by atoms with Crippen LogP contribution in [0.1, 0.15) is 82.6 Å². The van der Waals surface area contributed by atoms with Gasteiger partial charge in [0.2, 0.25) is 0 Å². The third kappa shape index (κ3) is 8.97. The average Bonchev–Trinajstić information content (AvgIpc) is 3.54. The molecule has 3 aromatic heterocycles. The number of rotatable bonds is 7. The van der Waals surface area contributed by atoms with Crippen molar-refractivity contribution in [1.82, 2.24) is 19.5 Å². The second-order valence-electron chi connectivity index (χ2n) is 13.8. The van der Waals surface area contributed by atoms with Gasteiger partial charge in [-0.2, -0.15) is 0 Å². The Kier molecular flexibility index (Phi) is 10.5. The molecule has 0 aliphatic heterocycles. The molecule has 0 saturated carbocycles. The smallest absolute Gasteiger partial charge is 0.0774 e. The first-order valence-corrected chi connectivity index (χ1v) is 17.0. The van der Waals surface area contributed by atoms with E-state index in [-0.39, 0.29) is 20.1 Å². The number of para-hydroxylation sites is 3. The first-order chi connectivity index (χ1) is 25.5. The van der Waals surface area contributed by atoms with Crippen LogP contribution in [0.3, 0.4) is 0 Å². The standard InChI is InChI=1S/C25H25N2.C21H21N2.Ir/c1-17(2)20-13-10-14-21(18(3)4)24(20)27-23-16-9-8-15-22(23)26-25(27)19-11-6-5-7-12-19;1-21(2,3)14-19-10-9-18(15-23-19)17-11-12-22-20(13-17)16-7-5-4-6-8-16;/h5-11,13-18H,1-4H3;4-7,9-13,15H,14H2,1-3H3;/q2*-1;/i17D,18D;14D2;. The molecule has 0 amide bonds. The fraction of sp³-hybridized carbons (Fsp3) is 0.239. The maximum absolute atomic E-state index is 8.80. The zero-order valence-corrected chi connectivity index (χ0v) is 32.6. The molecule has 261 valence electrons. The van der Waals surface area contributed by atoms with Gasteiger partial charge < -0.3 is 9.55 Å². The molecular weight excluding hydrogens is 801 g/mol. The van der Waals surface area contributed by atoms with Crippen LogP contribution < -0.4 is 0 Å². The zero-order chi connectivity index (χ0) is 38.9. The number of fused-ring (bicyclic) bond motifs is 1. The van der Waals surface area contributed by atoms with Gasteiger partial charge in [-0.3, -0.25) is 9.97 Å². The molecule has 3 heterocycles. The summed E-state index contributed by atoms with van der Waals surface area (Å²) in [5, 5.41) is 0. The number of imidazole rings is 1. The van der Waals surface area contributed by atoms with Crippen LogP contribution in [0, 0.1) is 17.5 Å². The molecule has 0 fully saturated rings. The predicted octanol–water partition coefficient (Wildman–Crippen LogP) is 11.9. The normalized spacial score (nSPS) is 13.2. The SMILES string of the molecule is [2H]C(C)(C)c1cccc(C([2H])(C)C)c1-n1c(-c2[c-]cccc2)nc2ccccc21.[2H]C([2H])(c1ccc(-c2ccnc(-c3[c-]cccc3)c2)cn1)C(C)(C)C.[Ir]. The summed E-state index contributed by atoms with van der Waals surface area (Å²) in [5.41, 5.74) is 9.00. The van der Waals surface area contributed by atoms with E-state index in [4.69, 9.17) is 10.5 Å². The van der Waals surface area contributed by atoms with Crippen molar-refractivity contribution in [3.05, 3.63) is 157 Å². The fourth-order valence-corrected chi connectivity index (χ4v) is 5.89. The molecule has 0 saturated heterocycles. The number of hydrogen-bond donors (Lipinski definition) is 0. The molecule has 51 heavy (non-hydrogen) atoms. The number of pyridine rings is 2. The van der Waals surface area contributed by atoms with Gasteiger partial charge in [0.25, 0.3) is 0 Å². The van der Waals surface area contributed by atoms with Crippen LogP contribution in [0.15, 0.2) is 128 Å². The van der Waals surface area contributed by atoms with E-state index >= 15 is 0 Å². The van der Waals surface area contributed by atoms with E-state index in [1.807, 2.05) is 158 Å². The van der Waals surface area contributed by atoms with E-state index < -0.39 is 23.6 Å². The van der Waals surface area contributed by atoms with Crippen molar-refractivity contribution >= 4 is 11.0 Å². The number of aromatic nitrogens is 4. The molecule has 0 N–H and O–H groups in total. The molecule has 0 bridgehead atoms. The van der Waals surface area contributed by atoms with E-state index in [1.54, 1.807) is 18.5 Å². The van der Waals surface area contributed by atoms with Crippen LogP contribution >= 0.6 is 0 Å². The molecule has 1 radical (unpaired) electrons. The maximum atomic E-state index is 8.80. The van der Waals surface area contributed by atoms with Crippen LogP contribution in [-0.4, -0.2) is 19.5 Å². The Bertz CT molecular complexity index is 2320. The third-order valence-corrected chi connectivity index (χ3v) is 8.19. The molecular formula is C46H46IrN4-2. The Hall–Kier alpha value is -4.70. The van der Waals surface area contributed by atoms with Crippen LogP contribution in [0.25, 0.3) is 50.5 Å². The fourth-order valence-electron chi connectivity index (χ4n) is 5.89. The molecule has 0 spiro atoms. The minimum absolute atomic E-state index is 0. The molecule has 4 nitrogen and oxygen atoms in total. The van der Waals surface area contributed by atoms with E-state index in [1.165, 1.54) is 0 Å². The summed E-state index contributed by atoms with van der Waals surface area (Å²) >= 11 is 0. The quantitative estimate of drug-likeness (QED) is 0.150. The summed E-state index contributed by atoms with van der Waals surface area (Å²) in [6.45, 7) is 13.2. The molecule has 0 atom stereocenters. The van der Waals surface area contributed by atoms with Crippen molar-refractivity contribution in [2.45, 2.75) is 66.6 Å². The number of benzene rings is 4. The van der Waals surface area contributed by atoms with Crippen molar-refractivity contribution < 1.29 is 25.6 Å². The van der Waals surface area contributed by atoms with Crippen molar-refractivity contribution in [3.8, 4) is 39.5 Å². The molecule has 0 unspecified atom stereocenters. The summed E-state index contributed by atoms with van der Waals surface area (Å²) in [5.74, 6) is -0.895. The Balaban J connectivity index is 0.000000210. The zero-order valence-electron chi connectivity index (χ0n) is 34.2. The van der Waals surface area contributed by atoms with Crippen LogP contribution in [0.5, 0.6) is 0 Å². The molecule has 7 rings (SSSR count). The van der Waals surface area contributed by atoms with Gasteiger partial charge in [0, 0.05) is 49.4 Å². The summed E-state index contributed by atoms with van der Waals surface area (Å²) in [6, 6.07) is 43.6. The first kappa shape index (κ1) is 32.2. The van der Waals surface area contributed by atoms with Crippen molar-refractivity contribution in [1.29, 1.82) is 0 Å². The van der Waals surface area contributed by atoms with Crippen molar-refractivity contribution in [2.24, 2.45) is 5.41 Å². The largest absolute Gasteiger partial charge is 0.333 e. The Morgan fingerprint density at radius 2 is 1.37 bits per heavy atom. The van der Waals surface area contributed by atoms with Gasteiger partial charge >= 0.3 is 0 Å². The minimum Gasteiger partial charge on any atom is -0.333 e. The molecule has 7 aromatic rings. The van der Waals surface area contributed by atoms with Crippen LogP contribution in [0.2, 0.25) is 0 Å². The van der Waals surface area contributed by atoms with Crippen molar-refractivity contribution in [2.75, 3.05) is 0 Å². The summed E-state index contributed by atoms with van der Waals surface area (Å²) < 4.78 is 36.4. The molecule has 4 aromatic carbocycles. The second-order valence-corrected chi connectivity index (χ2v) is 13.8. The van der Waals surface area contributed by atoms with E-state index in [9.17, 15) is 0 Å². The molecule has 0 aliphatic rings. The third-order valence-electron chi connectivity index (χ3n) is 8.19. The monoisotopic (exact) mass is 851 g/mol. The topological polar surface area (TPSA) is 43.6 Å². The summed E-state index contributed by atoms with van der Waals surface area (Å²) in [7, 11) is 0. The predicted molar refractivity (Wildman–Crippen MR) is 208 cm³/mol. The van der Waals surface area contributed by atoms with E-state index in [0.717, 1.165) is 61.6 Å². The Morgan fingerprint density at radius 1 is 0.725 bits per heavy atom. The average molecular weight is 851 g/mol. The summed E-state index contributed by atoms with van der Waals surface area (Å²) in [4.78, 5) is 13.7. The van der Waals surface area contributed by atoms with Gasteiger partial charge in [-0.1, -0.05) is 90.9 Å². The molecule has 0 aliphatic carbocycles. The van der Waals surface area contributed by atoms with Gasteiger partial charge in [-0.15, -0.1) is 71.8 Å². The maximum Gasteiger partial charge on any atom is 0.0774 e. The van der Waals surface area contributed by atoms with E-state index in [2.05, 4.69) is 26.7 Å². The Morgan fingerprint density at radius 3 is 1.96 bits per heavy atom. The first-order valence-electron chi connectivity index (χ1n) is 19.0. The minimum atomic E-state index is -1.49.